The molecule has 0 spiro atoms. The summed E-state index contributed by atoms with van der Waals surface area (Å²) in [5, 5.41) is 0. The maximum absolute atomic E-state index is 11.9. The van der Waals surface area contributed by atoms with E-state index in [9.17, 15) is 4.79 Å². The number of amides is 1. The van der Waals surface area contributed by atoms with E-state index in [1.807, 2.05) is 4.90 Å². The van der Waals surface area contributed by atoms with Gasteiger partial charge in [-0.25, -0.2) is 0 Å². The summed E-state index contributed by atoms with van der Waals surface area (Å²) in [5.74, 6) is 0.295. The first kappa shape index (κ1) is 10.9. The molecule has 2 rings (SSSR count). The van der Waals surface area contributed by atoms with Gasteiger partial charge in [0.25, 0.3) is 0 Å². The minimum atomic E-state index is 0.277. The second-order valence-corrected chi connectivity index (χ2v) is 4.73. The number of rotatable bonds is 2. The van der Waals surface area contributed by atoms with E-state index in [0.717, 1.165) is 32.6 Å². The molecule has 0 aliphatic carbocycles. The lowest BCUT2D eigenvalue weighted by atomic mass is 10.1. The predicted octanol–water partition coefficient (Wildman–Crippen LogP) is 0.0319. The number of carbonyl (C=O) groups excluding carboxylic acids is 1. The van der Waals surface area contributed by atoms with Crippen LogP contribution in [-0.4, -0.2) is 54.5 Å². The van der Waals surface area contributed by atoms with E-state index in [-0.39, 0.29) is 6.04 Å². The number of nitrogens with two attached hydrogens (primary N) is 1. The zero-order valence-electron chi connectivity index (χ0n) is 9.32. The fourth-order valence-electron chi connectivity index (χ4n) is 2.44. The van der Waals surface area contributed by atoms with Gasteiger partial charge in [0, 0.05) is 32.2 Å². The molecule has 1 atom stereocenters. The third kappa shape index (κ3) is 2.92. The molecule has 2 aliphatic heterocycles. The Kier molecular flexibility index (Phi) is 3.59. The van der Waals surface area contributed by atoms with Gasteiger partial charge >= 0.3 is 0 Å². The van der Waals surface area contributed by atoms with Gasteiger partial charge in [0.1, 0.15) is 0 Å². The fraction of sp³-hybridized carbons (Fsp3) is 0.909. The summed E-state index contributed by atoms with van der Waals surface area (Å²) in [6.45, 7) is 4.37. The number of carbonyl (C=O) groups is 1. The van der Waals surface area contributed by atoms with Gasteiger partial charge in [-0.05, 0) is 25.7 Å². The molecule has 1 amide bonds. The van der Waals surface area contributed by atoms with Crippen molar-refractivity contribution in [3.63, 3.8) is 0 Å². The lowest BCUT2D eigenvalue weighted by molar-refractivity contribution is -0.133. The first-order valence-electron chi connectivity index (χ1n) is 6.01. The van der Waals surface area contributed by atoms with Crippen molar-refractivity contribution in [1.29, 1.82) is 0 Å². The Morgan fingerprint density at radius 3 is 2.53 bits per heavy atom. The minimum absolute atomic E-state index is 0.277. The maximum Gasteiger partial charge on any atom is 0.236 e. The quantitative estimate of drug-likeness (QED) is 0.701. The summed E-state index contributed by atoms with van der Waals surface area (Å²) in [4.78, 5) is 16.1. The summed E-state index contributed by atoms with van der Waals surface area (Å²) in [5.41, 5.74) is 5.81. The molecule has 0 bridgehead atoms. The molecule has 2 heterocycles. The van der Waals surface area contributed by atoms with E-state index in [1.165, 1.54) is 19.3 Å². The van der Waals surface area contributed by atoms with Crippen molar-refractivity contribution >= 4 is 5.91 Å². The molecule has 0 aromatic heterocycles. The van der Waals surface area contributed by atoms with Gasteiger partial charge in [0.05, 0.1) is 6.54 Å². The van der Waals surface area contributed by atoms with Crippen molar-refractivity contribution < 1.29 is 4.79 Å². The van der Waals surface area contributed by atoms with Crippen molar-refractivity contribution in [3.8, 4) is 0 Å². The highest BCUT2D eigenvalue weighted by atomic mass is 16.2. The molecule has 2 aliphatic rings. The molecule has 86 valence electrons. The molecule has 2 fully saturated rings. The van der Waals surface area contributed by atoms with Gasteiger partial charge in [0.15, 0.2) is 0 Å². The van der Waals surface area contributed by atoms with E-state index < -0.39 is 0 Å². The van der Waals surface area contributed by atoms with Crippen molar-refractivity contribution in [2.75, 3.05) is 32.7 Å². The highest BCUT2D eigenvalue weighted by Gasteiger charge is 2.24. The monoisotopic (exact) mass is 211 g/mol. The van der Waals surface area contributed by atoms with E-state index in [1.54, 1.807) is 0 Å². The average molecular weight is 211 g/mol. The molecule has 4 heteroatoms. The zero-order valence-corrected chi connectivity index (χ0v) is 9.32. The smallest absolute Gasteiger partial charge is 0.236 e. The molecular weight excluding hydrogens is 190 g/mol. The van der Waals surface area contributed by atoms with E-state index in [4.69, 9.17) is 5.73 Å². The van der Waals surface area contributed by atoms with Crippen molar-refractivity contribution in [1.82, 2.24) is 9.80 Å². The highest BCUT2D eigenvalue weighted by Crippen LogP contribution is 2.11. The zero-order chi connectivity index (χ0) is 10.7. The van der Waals surface area contributed by atoms with Crippen molar-refractivity contribution in [2.24, 2.45) is 5.73 Å². The molecule has 15 heavy (non-hydrogen) atoms. The Morgan fingerprint density at radius 2 is 1.93 bits per heavy atom. The second kappa shape index (κ2) is 4.94. The molecule has 0 radical (unpaired) electrons. The van der Waals surface area contributed by atoms with Crippen LogP contribution in [0.15, 0.2) is 0 Å². The van der Waals surface area contributed by atoms with Crippen LogP contribution < -0.4 is 5.73 Å². The first-order valence-corrected chi connectivity index (χ1v) is 6.01. The van der Waals surface area contributed by atoms with Gasteiger partial charge in [-0.1, -0.05) is 0 Å². The lowest BCUT2D eigenvalue weighted by Gasteiger charge is -2.28. The third-order valence-corrected chi connectivity index (χ3v) is 3.38. The third-order valence-electron chi connectivity index (χ3n) is 3.38. The van der Waals surface area contributed by atoms with Crippen LogP contribution in [0.1, 0.15) is 25.7 Å². The Balaban J connectivity index is 1.76. The molecule has 2 N–H and O–H groups in total. The van der Waals surface area contributed by atoms with Gasteiger partial charge in [-0.15, -0.1) is 0 Å². The molecular formula is C11H21N3O. The van der Waals surface area contributed by atoms with Crippen LogP contribution in [0.5, 0.6) is 0 Å². The Morgan fingerprint density at radius 1 is 1.20 bits per heavy atom. The van der Waals surface area contributed by atoms with Crippen LogP contribution in [0.3, 0.4) is 0 Å². The van der Waals surface area contributed by atoms with Crippen LogP contribution in [0.2, 0.25) is 0 Å². The number of piperidine rings is 1. The SMILES string of the molecule is N[C@@H]1CCN(CC(=O)N2CCCCC2)C1. The Bertz CT molecular complexity index is 226. The summed E-state index contributed by atoms with van der Waals surface area (Å²) in [6.07, 6.45) is 4.65. The van der Waals surface area contributed by atoms with Crippen LogP contribution in [0, 0.1) is 0 Å². The summed E-state index contributed by atoms with van der Waals surface area (Å²) < 4.78 is 0. The normalized spacial score (nSPS) is 28.3. The molecule has 2 saturated heterocycles. The molecule has 0 aromatic rings. The standard InChI is InChI=1S/C11H21N3O/c12-10-4-7-13(8-10)9-11(15)14-5-2-1-3-6-14/h10H,1-9,12H2/t10-/m1/s1. The summed E-state index contributed by atoms with van der Waals surface area (Å²) >= 11 is 0. The topological polar surface area (TPSA) is 49.6 Å². The number of hydrogen-bond donors (Lipinski definition) is 1. The molecule has 0 aromatic carbocycles. The van der Waals surface area contributed by atoms with Crippen LogP contribution in [0.4, 0.5) is 0 Å². The molecule has 0 saturated carbocycles. The second-order valence-electron chi connectivity index (χ2n) is 4.73. The fourth-order valence-corrected chi connectivity index (χ4v) is 2.44. The highest BCUT2D eigenvalue weighted by molar-refractivity contribution is 5.78. The first-order chi connectivity index (χ1) is 7.25. The molecule has 0 unspecified atom stereocenters. The predicted molar refractivity (Wildman–Crippen MR) is 59.5 cm³/mol. The average Bonchev–Trinajstić information content (AvgIpc) is 2.65. The maximum atomic E-state index is 11.9. The minimum Gasteiger partial charge on any atom is -0.342 e. The van der Waals surface area contributed by atoms with Crippen LogP contribution in [-0.2, 0) is 4.79 Å². The Labute approximate surface area is 91.4 Å². The van der Waals surface area contributed by atoms with Crippen LogP contribution in [0.25, 0.3) is 0 Å². The number of nitrogens with zero attached hydrogens (tertiary/aromatic N) is 2. The number of likely N-dealkylation sites (tertiary alicyclic amines) is 2. The van der Waals surface area contributed by atoms with E-state index in [0.29, 0.717) is 12.5 Å². The Hall–Kier alpha value is -0.610. The molecule has 4 nitrogen and oxygen atoms in total. The van der Waals surface area contributed by atoms with Gasteiger partial charge in [-0.2, -0.15) is 0 Å². The summed E-state index contributed by atoms with van der Waals surface area (Å²) in [6, 6.07) is 0.277. The number of hydrogen-bond acceptors (Lipinski definition) is 3. The lowest BCUT2D eigenvalue weighted by Crippen LogP contribution is -2.42. The van der Waals surface area contributed by atoms with Gasteiger partial charge < -0.3 is 10.6 Å². The van der Waals surface area contributed by atoms with Crippen molar-refractivity contribution in [2.45, 2.75) is 31.7 Å². The van der Waals surface area contributed by atoms with Gasteiger partial charge in [0.2, 0.25) is 5.91 Å². The van der Waals surface area contributed by atoms with Crippen molar-refractivity contribution in [3.05, 3.63) is 0 Å². The largest absolute Gasteiger partial charge is 0.342 e. The van der Waals surface area contributed by atoms with E-state index in [2.05, 4.69) is 4.90 Å². The van der Waals surface area contributed by atoms with Crippen LogP contribution >= 0.6 is 0 Å². The summed E-state index contributed by atoms with van der Waals surface area (Å²) in [7, 11) is 0. The van der Waals surface area contributed by atoms with Gasteiger partial charge in [-0.3, -0.25) is 9.69 Å². The van der Waals surface area contributed by atoms with E-state index >= 15 is 0 Å².